The van der Waals surface area contributed by atoms with Gasteiger partial charge in [-0.15, -0.1) is 0 Å². The van der Waals surface area contributed by atoms with E-state index in [2.05, 4.69) is 14.9 Å². The Morgan fingerprint density at radius 1 is 0.846 bits per heavy atom. The first-order valence-corrected chi connectivity index (χ1v) is 11.4. The fourth-order valence-corrected chi connectivity index (χ4v) is 5.49. The summed E-state index contributed by atoms with van der Waals surface area (Å²) in [7, 11) is -7.49. The molecule has 0 aromatic heterocycles. The van der Waals surface area contributed by atoms with Gasteiger partial charge in [0, 0.05) is 11.7 Å². The maximum absolute atomic E-state index is 13.4. The molecule has 2 aromatic rings. The van der Waals surface area contributed by atoms with E-state index in [9.17, 15) is 12.6 Å². The standard InChI is InChI=1S/C20H23NO3S2/c1-4-5-6-7-16-25(22,19-12-8-17(2)9-13-19)21-26(23,24)20-14-10-18(3)11-15-20/h8-15H,4-6H2,1-3H3/t25-/m0/s1. The minimum Gasteiger partial charge on any atom is -0.230 e. The van der Waals surface area contributed by atoms with Gasteiger partial charge >= 0.3 is 0 Å². The third-order valence-corrected chi connectivity index (χ3v) is 7.55. The van der Waals surface area contributed by atoms with Crippen molar-refractivity contribution in [1.82, 2.24) is 0 Å². The minimum atomic E-state index is -4.09. The molecule has 0 aliphatic heterocycles. The molecule has 0 bridgehead atoms. The molecule has 0 amide bonds. The van der Waals surface area contributed by atoms with Crippen molar-refractivity contribution in [2.45, 2.75) is 49.8 Å². The van der Waals surface area contributed by atoms with E-state index >= 15 is 0 Å². The lowest BCUT2D eigenvalue weighted by Gasteiger charge is -2.05. The van der Waals surface area contributed by atoms with Crippen molar-refractivity contribution >= 4 is 19.8 Å². The maximum Gasteiger partial charge on any atom is 0.291 e. The summed E-state index contributed by atoms with van der Waals surface area (Å²) in [6, 6.07) is 13.1. The highest BCUT2D eigenvalue weighted by molar-refractivity contribution is 8.06. The van der Waals surface area contributed by atoms with Crippen molar-refractivity contribution in [2.75, 3.05) is 0 Å². The van der Waals surface area contributed by atoms with Crippen LogP contribution in [0.3, 0.4) is 0 Å². The van der Waals surface area contributed by atoms with Gasteiger partial charge < -0.3 is 0 Å². The molecule has 26 heavy (non-hydrogen) atoms. The Balaban J connectivity index is 2.60. The smallest absolute Gasteiger partial charge is 0.230 e. The van der Waals surface area contributed by atoms with Gasteiger partial charge in [-0.3, -0.25) is 0 Å². The first-order valence-electron chi connectivity index (χ1n) is 8.43. The minimum absolute atomic E-state index is 0.0123. The molecule has 0 radical (unpaired) electrons. The van der Waals surface area contributed by atoms with Crippen molar-refractivity contribution in [3.8, 4) is 11.2 Å². The molecule has 0 N–H and O–H groups in total. The van der Waals surface area contributed by atoms with Crippen LogP contribution in [0.5, 0.6) is 0 Å². The Morgan fingerprint density at radius 3 is 1.85 bits per heavy atom. The number of benzene rings is 2. The summed E-state index contributed by atoms with van der Waals surface area (Å²) in [4.78, 5) is 0.320. The maximum atomic E-state index is 13.4. The summed E-state index contributed by atoms with van der Waals surface area (Å²) in [5, 5.41) is 2.64. The quantitative estimate of drug-likeness (QED) is 0.551. The number of sulfonamides is 1. The van der Waals surface area contributed by atoms with Gasteiger partial charge in [-0.1, -0.05) is 58.4 Å². The second-order valence-corrected chi connectivity index (χ2v) is 9.83. The lowest BCUT2D eigenvalue weighted by atomic mass is 10.2. The van der Waals surface area contributed by atoms with Crippen LogP contribution in [0, 0.1) is 25.0 Å². The predicted molar refractivity (Wildman–Crippen MR) is 106 cm³/mol. The van der Waals surface area contributed by atoms with Crippen LogP contribution >= 0.6 is 0 Å². The molecule has 0 aliphatic rings. The van der Waals surface area contributed by atoms with Crippen molar-refractivity contribution in [1.29, 1.82) is 0 Å². The topological polar surface area (TPSA) is 63.6 Å². The lowest BCUT2D eigenvalue weighted by molar-refractivity contribution is 0.598. The monoisotopic (exact) mass is 389 g/mol. The van der Waals surface area contributed by atoms with Crippen LogP contribution in [0.25, 0.3) is 0 Å². The van der Waals surface area contributed by atoms with Gasteiger partial charge in [0.1, 0.15) is 0 Å². The number of aryl methyl sites for hydroxylation is 2. The highest BCUT2D eigenvalue weighted by Crippen LogP contribution is 2.21. The molecule has 0 saturated carbocycles. The lowest BCUT2D eigenvalue weighted by Crippen LogP contribution is -2.05. The third-order valence-electron chi connectivity index (χ3n) is 3.73. The summed E-state index contributed by atoms with van der Waals surface area (Å²) in [6.07, 6.45) is 2.37. The van der Waals surface area contributed by atoms with E-state index in [4.69, 9.17) is 0 Å². The van der Waals surface area contributed by atoms with Crippen molar-refractivity contribution in [3.05, 3.63) is 59.7 Å². The summed E-state index contributed by atoms with van der Waals surface area (Å²) in [5.74, 6) is 2.84. The van der Waals surface area contributed by atoms with E-state index in [0.29, 0.717) is 11.3 Å². The number of unbranched alkanes of at least 4 members (excludes halogenated alkanes) is 2. The molecule has 0 aliphatic carbocycles. The molecular formula is C20H23NO3S2. The Hall–Kier alpha value is -2.10. The third kappa shape index (κ3) is 5.20. The van der Waals surface area contributed by atoms with Crippen LogP contribution in [0.1, 0.15) is 37.3 Å². The van der Waals surface area contributed by atoms with Crippen LogP contribution in [-0.2, 0) is 19.8 Å². The van der Waals surface area contributed by atoms with Crippen LogP contribution in [-0.4, -0.2) is 12.6 Å². The molecule has 4 nitrogen and oxygen atoms in total. The largest absolute Gasteiger partial charge is 0.291 e. The van der Waals surface area contributed by atoms with E-state index in [1.165, 1.54) is 12.1 Å². The molecule has 2 rings (SSSR count). The fraction of sp³-hybridized carbons (Fsp3) is 0.300. The normalized spacial score (nSPS) is 13.3. The van der Waals surface area contributed by atoms with Gasteiger partial charge in [0.05, 0.1) is 9.79 Å². The van der Waals surface area contributed by atoms with Crippen molar-refractivity contribution in [3.63, 3.8) is 0 Å². The van der Waals surface area contributed by atoms with Crippen LogP contribution < -0.4 is 0 Å². The molecule has 2 aromatic carbocycles. The second-order valence-electron chi connectivity index (χ2n) is 6.08. The van der Waals surface area contributed by atoms with Gasteiger partial charge in [0.15, 0.2) is 9.73 Å². The highest BCUT2D eigenvalue weighted by Gasteiger charge is 2.19. The number of hydrogen-bond donors (Lipinski definition) is 0. The molecule has 0 unspecified atom stereocenters. The molecule has 0 fully saturated rings. The molecule has 0 saturated heterocycles. The summed E-state index contributed by atoms with van der Waals surface area (Å²) >= 11 is 0. The van der Waals surface area contributed by atoms with Crippen molar-refractivity contribution < 1.29 is 12.6 Å². The van der Waals surface area contributed by atoms with Crippen LogP contribution in [0.4, 0.5) is 0 Å². The fourth-order valence-electron chi connectivity index (χ4n) is 2.15. The van der Waals surface area contributed by atoms with Gasteiger partial charge in [-0.05, 0) is 44.5 Å². The molecule has 6 heteroatoms. The van der Waals surface area contributed by atoms with E-state index in [0.717, 1.165) is 24.0 Å². The van der Waals surface area contributed by atoms with Gasteiger partial charge in [0.2, 0.25) is 0 Å². The number of nitrogens with zero attached hydrogens (tertiary/aromatic N) is 1. The van der Waals surface area contributed by atoms with E-state index in [-0.39, 0.29) is 4.90 Å². The Bertz CT molecular complexity index is 1030. The van der Waals surface area contributed by atoms with Gasteiger partial charge in [-0.2, -0.15) is 8.42 Å². The molecule has 1 atom stereocenters. The van der Waals surface area contributed by atoms with E-state index in [1.54, 1.807) is 36.4 Å². The zero-order valence-corrected chi connectivity index (χ0v) is 16.9. The SMILES string of the molecule is CCCCC#C[S@@](=O)(=NS(=O)(=O)c1ccc(C)cc1)c1ccc(C)cc1. The Labute approximate surface area is 156 Å². The Morgan fingerprint density at radius 2 is 1.35 bits per heavy atom. The second kappa shape index (κ2) is 8.52. The van der Waals surface area contributed by atoms with Gasteiger partial charge in [0.25, 0.3) is 10.0 Å². The summed E-state index contributed by atoms with van der Waals surface area (Å²) in [5.41, 5.74) is 1.92. The van der Waals surface area contributed by atoms with E-state index in [1.807, 2.05) is 20.8 Å². The number of rotatable bonds is 5. The van der Waals surface area contributed by atoms with Gasteiger partial charge in [-0.25, -0.2) is 4.21 Å². The van der Waals surface area contributed by atoms with E-state index < -0.39 is 19.8 Å². The zero-order chi connectivity index (χ0) is 19.2. The Kier molecular flexibility index (Phi) is 6.63. The average molecular weight is 390 g/mol. The van der Waals surface area contributed by atoms with Crippen LogP contribution in [0.2, 0.25) is 0 Å². The summed E-state index contributed by atoms with van der Waals surface area (Å²) in [6.45, 7) is 5.80. The summed E-state index contributed by atoms with van der Waals surface area (Å²) < 4.78 is 42.5. The number of hydrogen-bond acceptors (Lipinski definition) is 3. The average Bonchev–Trinajstić information content (AvgIpc) is 2.59. The van der Waals surface area contributed by atoms with Crippen LogP contribution in [0.15, 0.2) is 62.1 Å². The zero-order valence-electron chi connectivity index (χ0n) is 15.2. The molecule has 138 valence electrons. The predicted octanol–water partition coefficient (Wildman–Crippen LogP) is 4.67. The first kappa shape index (κ1) is 20.2. The first-order chi connectivity index (χ1) is 12.3. The molecule has 0 heterocycles. The highest BCUT2D eigenvalue weighted by atomic mass is 32.3. The molecular weight excluding hydrogens is 366 g/mol. The molecule has 0 spiro atoms. The van der Waals surface area contributed by atoms with Crippen molar-refractivity contribution in [2.24, 2.45) is 3.77 Å².